The van der Waals surface area contributed by atoms with Crippen molar-refractivity contribution < 1.29 is 17.9 Å². The Morgan fingerprint density at radius 1 is 1.16 bits per heavy atom. The number of nitrogens with zero attached hydrogens (tertiary/aromatic N) is 2. The van der Waals surface area contributed by atoms with Gasteiger partial charge < -0.3 is 10.6 Å². The number of nitrogens with two attached hydrogens (primary N) is 1. The Bertz CT molecular complexity index is 251. The molecule has 0 aliphatic carbocycles. The van der Waals surface area contributed by atoms with Crippen molar-refractivity contribution in [2.45, 2.75) is 19.7 Å². The lowest BCUT2D eigenvalue weighted by atomic mass is 10.1. The van der Waals surface area contributed by atoms with Gasteiger partial charge in [-0.2, -0.15) is 0 Å². The van der Waals surface area contributed by atoms with Gasteiger partial charge in [0.1, 0.15) is 0 Å². The first-order valence-electron chi connectivity index (χ1n) is 6.76. The van der Waals surface area contributed by atoms with Gasteiger partial charge in [0.25, 0.3) is 0 Å². The van der Waals surface area contributed by atoms with Crippen LogP contribution < -0.4 is 5.73 Å². The van der Waals surface area contributed by atoms with Crippen LogP contribution in [0.5, 0.6) is 0 Å². The lowest BCUT2D eigenvalue weighted by Gasteiger charge is -2.24. The number of alkyl halides is 3. The molecule has 0 bridgehead atoms. The molecule has 19 heavy (non-hydrogen) atoms. The molecule has 1 aliphatic rings. The highest BCUT2D eigenvalue weighted by Crippen LogP contribution is 2.16. The van der Waals surface area contributed by atoms with E-state index in [2.05, 4.69) is 16.6 Å². The van der Waals surface area contributed by atoms with Crippen molar-refractivity contribution in [1.82, 2.24) is 9.80 Å². The molecule has 114 valence electrons. The van der Waals surface area contributed by atoms with Crippen molar-refractivity contribution in [2.75, 3.05) is 52.4 Å². The van der Waals surface area contributed by atoms with Crippen LogP contribution in [0.1, 0.15) is 13.3 Å². The van der Waals surface area contributed by atoms with Gasteiger partial charge in [-0.1, -0.05) is 6.92 Å². The quantitative estimate of drug-likeness (QED) is 0.793. The minimum Gasteiger partial charge on any atom is -0.330 e. The van der Waals surface area contributed by atoms with Crippen LogP contribution in [-0.2, 0) is 4.74 Å². The maximum atomic E-state index is 11.9. The summed E-state index contributed by atoms with van der Waals surface area (Å²) in [4.78, 5) is 4.36. The van der Waals surface area contributed by atoms with Crippen LogP contribution in [0.15, 0.2) is 0 Å². The average Bonchev–Trinajstić information content (AvgIpc) is 2.53. The molecule has 1 aliphatic heterocycles. The second-order valence-corrected chi connectivity index (χ2v) is 5.13. The molecule has 0 aromatic carbocycles. The average molecular weight is 283 g/mol. The number of ether oxygens (including phenoxy) is 1. The fourth-order valence-electron chi connectivity index (χ4n) is 2.24. The van der Waals surface area contributed by atoms with E-state index in [9.17, 15) is 13.2 Å². The second-order valence-electron chi connectivity index (χ2n) is 5.13. The third-order valence-electron chi connectivity index (χ3n) is 3.33. The lowest BCUT2D eigenvalue weighted by molar-refractivity contribution is -0.325. The zero-order valence-corrected chi connectivity index (χ0v) is 11.5. The van der Waals surface area contributed by atoms with Gasteiger partial charge in [0.05, 0.1) is 6.61 Å². The molecule has 1 unspecified atom stereocenters. The third kappa shape index (κ3) is 7.71. The summed E-state index contributed by atoms with van der Waals surface area (Å²) in [7, 11) is 0. The van der Waals surface area contributed by atoms with Gasteiger partial charge in [0.2, 0.25) is 0 Å². The van der Waals surface area contributed by atoms with Crippen molar-refractivity contribution in [1.29, 1.82) is 0 Å². The van der Waals surface area contributed by atoms with Gasteiger partial charge in [-0.15, -0.1) is 13.2 Å². The smallest absolute Gasteiger partial charge is 0.330 e. The Morgan fingerprint density at radius 2 is 1.79 bits per heavy atom. The van der Waals surface area contributed by atoms with Crippen LogP contribution >= 0.6 is 0 Å². The number of hydrogen-bond acceptors (Lipinski definition) is 4. The molecule has 1 heterocycles. The molecular weight excluding hydrogens is 259 g/mol. The van der Waals surface area contributed by atoms with E-state index in [-0.39, 0.29) is 6.61 Å². The summed E-state index contributed by atoms with van der Waals surface area (Å²) in [6.07, 6.45) is -3.54. The van der Waals surface area contributed by atoms with Crippen molar-refractivity contribution >= 4 is 0 Å². The fourth-order valence-corrected chi connectivity index (χ4v) is 2.24. The summed E-state index contributed by atoms with van der Waals surface area (Å²) in [5, 5.41) is 0. The van der Waals surface area contributed by atoms with Gasteiger partial charge in [0.15, 0.2) is 0 Å². The van der Waals surface area contributed by atoms with E-state index >= 15 is 0 Å². The molecule has 7 heteroatoms. The summed E-state index contributed by atoms with van der Waals surface area (Å²) in [5.74, 6) is 0.458. The number of hydrogen-bond donors (Lipinski definition) is 1. The van der Waals surface area contributed by atoms with Crippen LogP contribution in [0.4, 0.5) is 13.2 Å². The first kappa shape index (κ1) is 16.7. The molecule has 2 N–H and O–H groups in total. The molecule has 1 saturated heterocycles. The minimum atomic E-state index is -4.52. The Morgan fingerprint density at radius 3 is 2.42 bits per heavy atom. The highest BCUT2D eigenvalue weighted by atomic mass is 19.4. The van der Waals surface area contributed by atoms with E-state index in [0.717, 1.165) is 39.1 Å². The summed E-state index contributed by atoms with van der Waals surface area (Å²) in [6, 6.07) is 0. The van der Waals surface area contributed by atoms with Gasteiger partial charge in [0, 0.05) is 26.2 Å². The first-order chi connectivity index (χ1) is 8.90. The van der Waals surface area contributed by atoms with E-state index in [0.29, 0.717) is 19.0 Å². The molecule has 1 atom stereocenters. The van der Waals surface area contributed by atoms with Gasteiger partial charge in [-0.05, 0) is 32.0 Å². The van der Waals surface area contributed by atoms with Crippen molar-refractivity contribution in [2.24, 2.45) is 11.7 Å². The maximum absolute atomic E-state index is 11.9. The molecule has 0 aromatic rings. The first-order valence-corrected chi connectivity index (χ1v) is 6.76. The van der Waals surface area contributed by atoms with Gasteiger partial charge in [-0.3, -0.25) is 9.64 Å². The molecular formula is C12H24F3N3O. The van der Waals surface area contributed by atoms with Crippen LogP contribution in [-0.4, -0.2) is 68.6 Å². The highest BCUT2D eigenvalue weighted by Gasteiger charge is 2.29. The SMILES string of the molecule is CC(CN)CN1CCCN(CCOC(F)(F)F)CC1. The Hall–Kier alpha value is -0.370. The van der Waals surface area contributed by atoms with E-state index in [1.54, 1.807) is 0 Å². The van der Waals surface area contributed by atoms with Gasteiger partial charge >= 0.3 is 6.36 Å². The summed E-state index contributed by atoms with van der Waals surface area (Å²) in [6.45, 7) is 7.27. The molecule has 0 saturated carbocycles. The molecule has 0 spiro atoms. The zero-order chi connectivity index (χ0) is 14.3. The van der Waals surface area contributed by atoms with Crippen LogP contribution in [0.2, 0.25) is 0 Å². The van der Waals surface area contributed by atoms with Crippen LogP contribution in [0, 0.1) is 5.92 Å². The predicted octanol–water partition coefficient (Wildman–Crippen LogP) is 1.13. The predicted molar refractivity (Wildman–Crippen MR) is 67.7 cm³/mol. The van der Waals surface area contributed by atoms with Crippen molar-refractivity contribution in [3.63, 3.8) is 0 Å². The molecule has 4 nitrogen and oxygen atoms in total. The Labute approximate surface area is 112 Å². The summed E-state index contributed by atoms with van der Waals surface area (Å²) < 4.78 is 39.4. The monoisotopic (exact) mass is 283 g/mol. The topological polar surface area (TPSA) is 41.7 Å². The van der Waals surface area contributed by atoms with Crippen LogP contribution in [0.25, 0.3) is 0 Å². The largest absolute Gasteiger partial charge is 0.522 e. The van der Waals surface area contributed by atoms with E-state index in [1.165, 1.54) is 0 Å². The van der Waals surface area contributed by atoms with Crippen molar-refractivity contribution in [3.05, 3.63) is 0 Å². The second kappa shape index (κ2) is 8.04. The molecule has 1 fully saturated rings. The maximum Gasteiger partial charge on any atom is 0.522 e. The summed E-state index contributed by atoms with van der Waals surface area (Å²) in [5.41, 5.74) is 5.60. The number of halogens is 3. The van der Waals surface area contributed by atoms with Crippen molar-refractivity contribution in [3.8, 4) is 0 Å². The normalized spacial score (nSPS) is 21.3. The summed E-state index contributed by atoms with van der Waals surface area (Å²) >= 11 is 0. The standard InChI is InChI=1S/C12H24F3N3O/c1-11(9-16)10-18-4-2-3-17(5-6-18)7-8-19-12(13,14)15/h11H,2-10,16H2,1H3. The van der Waals surface area contributed by atoms with E-state index in [1.807, 2.05) is 4.90 Å². The minimum absolute atomic E-state index is 0.289. The Balaban J connectivity index is 2.22. The van der Waals surface area contributed by atoms with E-state index < -0.39 is 6.36 Å². The molecule has 0 aromatic heterocycles. The third-order valence-corrected chi connectivity index (χ3v) is 3.33. The highest BCUT2D eigenvalue weighted by molar-refractivity contribution is 4.71. The molecule has 0 amide bonds. The van der Waals surface area contributed by atoms with Crippen LogP contribution in [0.3, 0.4) is 0 Å². The zero-order valence-electron chi connectivity index (χ0n) is 11.5. The van der Waals surface area contributed by atoms with Gasteiger partial charge in [-0.25, -0.2) is 0 Å². The number of rotatable bonds is 6. The Kier molecular flexibility index (Phi) is 7.06. The fraction of sp³-hybridized carbons (Fsp3) is 1.00. The van der Waals surface area contributed by atoms with E-state index in [4.69, 9.17) is 5.73 Å². The molecule has 0 radical (unpaired) electrons. The lowest BCUT2D eigenvalue weighted by Crippen LogP contribution is -2.36. The molecule has 1 rings (SSSR count).